The van der Waals surface area contributed by atoms with Crippen LogP contribution in [0.2, 0.25) is 0 Å². The lowest BCUT2D eigenvalue weighted by molar-refractivity contribution is 0.366. The van der Waals surface area contributed by atoms with Gasteiger partial charge in [0.05, 0.1) is 0 Å². The number of hydrogen-bond acceptors (Lipinski definition) is 3. The zero-order valence-corrected chi connectivity index (χ0v) is 10.9. The van der Waals surface area contributed by atoms with Gasteiger partial charge >= 0.3 is 0 Å². The molecule has 1 heterocycles. The Balaban J connectivity index is 1.98. The largest absolute Gasteiger partial charge is 0.508 e. The average Bonchev–Trinajstić information content (AvgIpc) is 2.24. The van der Waals surface area contributed by atoms with Gasteiger partial charge in [-0.1, -0.05) is 6.07 Å². The molecule has 0 aromatic heterocycles. The van der Waals surface area contributed by atoms with E-state index in [9.17, 15) is 5.11 Å². The van der Waals surface area contributed by atoms with E-state index in [1.165, 1.54) is 11.1 Å². The first-order chi connectivity index (χ1) is 7.94. The quantitative estimate of drug-likeness (QED) is 0.731. The highest BCUT2D eigenvalue weighted by Gasteiger charge is 2.19. The van der Waals surface area contributed by atoms with Crippen LogP contribution in [0.4, 0.5) is 0 Å². The van der Waals surface area contributed by atoms with Crippen molar-refractivity contribution in [2.24, 2.45) is 0 Å². The first-order valence-corrected chi connectivity index (χ1v) is 6.23. The van der Waals surface area contributed by atoms with E-state index in [1.807, 2.05) is 12.1 Å². The van der Waals surface area contributed by atoms with Crippen molar-refractivity contribution in [3.05, 3.63) is 29.3 Å². The lowest BCUT2D eigenvalue weighted by Crippen LogP contribution is -2.48. The van der Waals surface area contributed by atoms with Crippen molar-refractivity contribution >= 4 is 0 Å². The summed E-state index contributed by atoms with van der Waals surface area (Å²) in [5, 5.41) is 16.5. The van der Waals surface area contributed by atoms with Gasteiger partial charge in [0.25, 0.3) is 0 Å². The van der Waals surface area contributed by atoms with E-state index >= 15 is 0 Å². The minimum absolute atomic E-state index is 0.154. The first kappa shape index (κ1) is 12.4. The van der Waals surface area contributed by atoms with Gasteiger partial charge in [-0.2, -0.15) is 0 Å². The molecule has 1 aromatic rings. The molecule has 0 saturated carbocycles. The first-order valence-electron chi connectivity index (χ1n) is 6.23. The summed E-state index contributed by atoms with van der Waals surface area (Å²) in [5.74, 6) is 0.369. The number of phenols is 1. The molecule has 0 radical (unpaired) electrons. The van der Waals surface area contributed by atoms with Crippen molar-refractivity contribution < 1.29 is 5.11 Å². The van der Waals surface area contributed by atoms with Crippen LogP contribution in [0.5, 0.6) is 5.75 Å². The maximum atomic E-state index is 9.50. The van der Waals surface area contributed by atoms with E-state index < -0.39 is 0 Å². The monoisotopic (exact) mass is 234 g/mol. The van der Waals surface area contributed by atoms with Gasteiger partial charge in [0, 0.05) is 24.7 Å². The molecule has 0 bridgehead atoms. The van der Waals surface area contributed by atoms with Crippen LogP contribution in [-0.2, 0) is 13.0 Å². The predicted octanol–water partition coefficient (Wildman–Crippen LogP) is 1.79. The molecular formula is C14H22N2O. The van der Waals surface area contributed by atoms with Crippen LogP contribution in [-0.4, -0.2) is 23.2 Å². The summed E-state index contributed by atoms with van der Waals surface area (Å²) in [4.78, 5) is 0. The van der Waals surface area contributed by atoms with Crippen LogP contribution in [0.25, 0.3) is 0 Å². The third-order valence-corrected chi connectivity index (χ3v) is 3.12. The third kappa shape index (κ3) is 3.45. The highest BCUT2D eigenvalue weighted by molar-refractivity contribution is 5.36. The smallest absolute Gasteiger partial charge is 0.115 e. The van der Waals surface area contributed by atoms with Crippen molar-refractivity contribution in [2.45, 2.75) is 45.3 Å². The SMILES string of the molecule is CC(C)(C)NCC1Cc2cc(O)ccc2CN1. The Morgan fingerprint density at radius 2 is 2.12 bits per heavy atom. The number of hydrogen-bond donors (Lipinski definition) is 3. The van der Waals surface area contributed by atoms with Crippen LogP contribution in [0.3, 0.4) is 0 Å². The lowest BCUT2D eigenvalue weighted by Gasteiger charge is -2.30. The molecule has 3 heteroatoms. The molecule has 94 valence electrons. The maximum absolute atomic E-state index is 9.50. The number of rotatable bonds is 2. The second-order valence-electron chi connectivity index (χ2n) is 5.87. The van der Waals surface area contributed by atoms with Gasteiger partial charge in [-0.15, -0.1) is 0 Å². The molecule has 0 saturated heterocycles. The molecule has 0 spiro atoms. The Hall–Kier alpha value is -1.06. The van der Waals surface area contributed by atoms with Gasteiger partial charge in [0.15, 0.2) is 0 Å². The summed E-state index contributed by atoms with van der Waals surface area (Å²) < 4.78 is 0. The molecule has 1 atom stereocenters. The number of fused-ring (bicyclic) bond motifs is 1. The highest BCUT2D eigenvalue weighted by atomic mass is 16.3. The van der Waals surface area contributed by atoms with Crippen LogP contribution >= 0.6 is 0 Å². The van der Waals surface area contributed by atoms with Gasteiger partial charge in [-0.3, -0.25) is 0 Å². The van der Waals surface area contributed by atoms with E-state index in [1.54, 1.807) is 6.07 Å². The normalized spacial score (nSPS) is 20.1. The zero-order valence-electron chi connectivity index (χ0n) is 10.9. The second kappa shape index (κ2) is 4.67. The summed E-state index contributed by atoms with van der Waals surface area (Å²) in [6.45, 7) is 8.38. The van der Waals surface area contributed by atoms with Gasteiger partial charge < -0.3 is 15.7 Å². The molecule has 1 aromatic carbocycles. The Labute approximate surface area is 103 Å². The van der Waals surface area contributed by atoms with Gasteiger partial charge in [0.2, 0.25) is 0 Å². The van der Waals surface area contributed by atoms with Crippen LogP contribution < -0.4 is 10.6 Å². The van der Waals surface area contributed by atoms with Crippen molar-refractivity contribution in [1.29, 1.82) is 0 Å². The highest BCUT2D eigenvalue weighted by Crippen LogP contribution is 2.21. The summed E-state index contributed by atoms with van der Waals surface area (Å²) in [5.41, 5.74) is 2.72. The van der Waals surface area contributed by atoms with Crippen LogP contribution in [0, 0.1) is 0 Å². The van der Waals surface area contributed by atoms with E-state index in [0.29, 0.717) is 11.8 Å². The fourth-order valence-electron chi connectivity index (χ4n) is 2.14. The summed E-state index contributed by atoms with van der Waals surface area (Å²) in [7, 11) is 0. The summed E-state index contributed by atoms with van der Waals surface area (Å²) in [6.07, 6.45) is 0.979. The lowest BCUT2D eigenvalue weighted by atomic mass is 9.95. The van der Waals surface area contributed by atoms with Crippen LogP contribution in [0.1, 0.15) is 31.9 Å². The zero-order chi connectivity index (χ0) is 12.5. The minimum atomic E-state index is 0.154. The third-order valence-electron chi connectivity index (χ3n) is 3.12. The van der Waals surface area contributed by atoms with Gasteiger partial charge in [-0.05, 0) is 50.5 Å². The van der Waals surface area contributed by atoms with Crippen molar-refractivity contribution in [3.8, 4) is 5.75 Å². The second-order valence-corrected chi connectivity index (χ2v) is 5.87. The van der Waals surface area contributed by atoms with Crippen LogP contribution in [0.15, 0.2) is 18.2 Å². The Morgan fingerprint density at radius 1 is 1.35 bits per heavy atom. The molecule has 3 nitrogen and oxygen atoms in total. The van der Waals surface area contributed by atoms with Crippen molar-refractivity contribution in [2.75, 3.05) is 6.54 Å². The van der Waals surface area contributed by atoms with Gasteiger partial charge in [-0.25, -0.2) is 0 Å². The average molecular weight is 234 g/mol. The molecule has 1 unspecified atom stereocenters. The van der Waals surface area contributed by atoms with Gasteiger partial charge in [0.1, 0.15) is 5.75 Å². The number of benzene rings is 1. The molecule has 1 aliphatic heterocycles. The molecule has 0 aliphatic carbocycles. The van der Waals surface area contributed by atoms with E-state index in [4.69, 9.17) is 0 Å². The number of nitrogens with one attached hydrogen (secondary N) is 2. The predicted molar refractivity (Wildman–Crippen MR) is 70.2 cm³/mol. The number of phenolic OH excluding ortho intramolecular Hbond substituents is 1. The Bertz CT molecular complexity index is 396. The Morgan fingerprint density at radius 3 is 2.82 bits per heavy atom. The fourth-order valence-corrected chi connectivity index (χ4v) is 2.14. The molecule has 17 heavy (non-hydrogen) atoms. The topological polar surface area (TPSA) is 44.3 Å². The summed E-state index contributed by atoms with van der Waals surface area (Å²) >= 11 is 0. The molecule has 0 fully saturated rings. The Kier molecular flexibility index (Phi) is 3.40. The molecule has 0 amide bonds. The van der Waals surface area contributed by atoms with Crippen molar-refractivity contribution in [1.82, 2.24) is 10.6 Å². The van der Waals surface area contributed by atoms with E-state index in [2.05, 4.69) is 31.4 Å². The molecule has 3 N–H and O–H groups in total. The summed E-state index contributed by atoms with van der Waals surface area (Å²) in [6, 6.07) is 6.10. The van der Waals surface area contributed by atoms with E-state index in [0.717, 1.165) is 19.5 Å². The standard InChI is InChI=1S/C14H22N2O/c1-14(2,3)16-9-12-6-11-7-13(17)5-4-10(11)8-15-12/h4-5,7,12,15-17H,6,8-9H2,1-3H3. The van der Waals surface area contributed by atoms with E-state index in [-0.39, 0.29) is 5.54 Å². The van der Waals surface area contributed by atoms with Crippen molar-refractivity contribution in [3.63, 3.8) is 0 Å². The fraction of sp³-hybridized carbons (Fsp3) is 0.571. The molecule has 2 rings (SSSR count). The molecular weight excluding hydrogens is 212 g/mol. The minimum Gasteiger partial charge on any atom is -0.508 e. The maximum Gasteiger partial charge on any atom is 0.115 e. The number of aromatic hydroxyl groups is 1. The molecule has 1 aliphatic rings.